The van der Waals surface area contributed by atoms with Gasteiger partial charge in [-0.15, -0.1) is 0 Å². The van der Waals surface area contributed by atoms with Crippen LogP contribution in [0.3, 0.4) is 0 Å². The molecule has 4 amide bonds. The Bertz CT molecular complexity index is 2270. The average molecular weight is 1040 g/mol. The molecule has 1 saturated carbocycles. The summed E-state index contributed by atoms with van der Waals surface area (Å²) in [6.45, 7) is 14.5. The van der Waals surface area contributed by atoms with Gasteiger partial charge in [0.2, 0.25) is 17.7 Å². The minimum Gasteiger partial charge on any atom is -0.456 e. The quantitative estimate of drug-likeness (QED) is 0.0883. The van der Waals surface area contributed by atoms with E-state index in [9.17, 15) is 49.2 Å². The molecule has 17 heteroatoms. The van der Waals surface area contributed by atoms with Gasteiger partial charge < -0.3 is 50.6 Å². The van der Waals surface area contributed by atoms with Gasteiger partial charge in [-0.25, -0.2) is 5.43 Å². The first-order valence-corrected chi connectivity index (χ1v) is 27.5. The van der Waals surface area contributed by atoms with E-state index in [4.69, 9.17) is 9.47 Å². The fourth-order valence-electron chi connectivity index (χ4n) is 11.4. The maximum absolute atomic E-state index is 14.5. The lowest BCUT2D eigenvalue weighted by Crippen LogP contribution is -2.78. The van der Waals surface area contributed by atoms with Crippen molar-refractivity contribution in [3.8, 4) is 0 Å². The molecule has 17 atom stereocenters. The number of ketones is 1. The second-order valence-electron chi connectivity index (χ2n) is 22.4. The Kier molecular flexibility index (Phi) is 21.2. The Morgan fingerprint density at radius 3 is 2.36 bits per heavy atom. The van der Waals surface area contributed by atoms with E-state index in [0.29, 0.717) is 37.7 Å². The van der Waals surface area contributed by atoms with Crippen LogP contribution in [-0.2, 0) is 38.2 Å². The molecule has 1 aromatic rings. The van der Waals surface area contributed by atoms with Crippen molar-refractivity contribution in [2.24, 2.45) is 47.3 Å². The van der Waals surface area contributed by atoms with E-state index in [-0.39, 0.29) is 67.1 Å². The highest BCUT2D eigenvalue weighted by Crippen LogP contribution is 2.57. The van der Waals surface area contributed by atoms with Gasteiger partial charge in [0.25, 0.3) is 5.91 Å². The predicted octanol–water partition coefficient (Wildman–Crippen LogP) is 5.20. The maximum atomic E-state index is 14.5. The lowest BCUT2D eigenvalue weighted by Gasteiger charge is -2.65. The van der Waals surface area contributed by atoms with Crippen molar-refractivity contribution < 1.29 is 58.7 Å². The van der Waals surface area contributed by atoms with Crippen molar-refractivity contribution >= 4 is 35.4 Å². The number of rotatable bonds is 14. The summed E-state index contributed by atoms with van der Waals surface area (Å²) in [5, 5.41) is 55.7. The van der Waals surface area contributed by atoms with Gasteiger partial charge in [0.05, 0.1) is 36.4 Å². The van der Waals surface area contributed by atoms with Crippen molar-refractivity contribution in [1.82, 2.24) is 26.4 Å². The van der Waals surface area contributed by atoms with E-state index in [1.54, 1.807) is 69.3 Å². The molecule has 414 valence electrons. The van der Waals surface area contributed by atoms with E-state index < -0.39 is 102 Å². The van der Waals surface area contributed by atoms with Gasteiger partial charge >= 0.3 is 5.97 Å². The predicted molar refractivity (Wildman–Crippen MR) is 282 cm³/mol. The number of nitrogens with one attached hydrogen (secondary N) is 4. The Morgan fingerprint density at radius 2 is 1.67 bits per heavy atom. The van der Waals surface area contributed by atoms with Gasteiger partial charge in [-0.05, 0) is 88.2 Å². The van der Waals surface area contributed by atoms with Crippen LogP contribution in [0, 0.1) is 47.3 Å². The summed E-state index contributed by atoms with van der Waals surface area (Å²) >= 11 is 0. The maximum Gasteiger partial charge on any atom is 0.325 e. The Balaban J connectivity index is 1.17. The number of allylic oxidation sites excluding steroid dienone is 5. The Labute approximate surface area is 443 Å². The number of aliphatic hydroxyl groups is 4. The van der Waals surface area contributed by atoms with Gasteiger partial charge in [-0.2, -0.15) is 0 Å². The highest BCUT2D eigenvalue weighted by atomic mass is 16.5. The summed E-state index contributed by atoms with van der Waals surface area (Å²) in [5.74, 6) is -5.53. The number of aliphatic hydroxyl groups excluding tert-OH is 4. The number of carbonyl (C=O) groups is 6. The molecule has 4 heterocycles. The monoisotopic (exact) mass is 1040 g/mol. The topological polar surface area (TPSA) is 253 Å². The number of hydrazine groups is 1. The lowest BCUT2D eigenvalue weighted by molar-refractivity contribution is -0.320. The number of esters is 1. The average Bonchev–Trinajstić information content (AvgIpc) is 3.40. The summed E-state index contributed by atoms with van der Waals surface area (Å²) in [5.41, 5.74) is 3.40. The number of benzene rings is 1. The van der Waals surface area contributed by atoms with E-state index in [1.165, 1.54) is 18.0 Å². The number of hydrogen-bond acceptors (Lipinski definition) is 13. The first kappa shape index (κ1) is 59.2. The Hall–Kier alpha value is -5.04. The summed E-state index contributed by atoms with van der Waals surface area (Å²) < 4.78 is 12.9. The highest BCUT2D eigenvalue weighted by molar-refractivity contribution is 5.93. The van der Waals surface area contributed by atoms with Crippen molar-refractivity contribution in [2.45, 2.75) is 186 Å². The SMILES string of the molecule is CC[C@H]1C[C@@H]2C[C@H]3[C@@H](O)[C@@H](C)[C@H](C[C@H](O)[C@@H](C)CC/C=C/C=C(\C)[C@@H]4C/C=C/C=C/[C@H](O)[C@H](C)[C@@H](O)[C@@H](CCC(C)=O)C(=O)N[C@@H](C(C)C)C(=O)NC(c5ccccc5)C(=O)N5CCCC(N5)C(=O)O4)O[C@]23NC1=O. The summed E-state index contributed by atoms with van der Waals surface area (Å²) in [6, 6.07) is 5.37. The van der Waals surface area contributed by atoms with Crippen LogP contribution in [0.1, 0.15) is 138 Å². The smallest absolute Gasteiger partial charge is 0.325 e. The van der Waals surface area contributed by atoms with E-state index in [1.807, 2.05) is 45.9 Å². The third-order valence-corrected chi connectivity index (χ3v) is 16.7. The summed E-state index contributed by atoms with van der Waals surface area (Å²) in [7, 11) is 0. The molecule has 2 unspecified atom stereocenters. The van der Waals surface area contributed by atoms with Crippen molar-refractivity contribution in [3.05, 3.63) is 84.0 Å². The zero-order chi connectivity index (χ0) is 54.7. The minimum atomic E-state index is -1.41. The third-order valence-electron chi connectivity index (χ3n) is 16.7. The second-order valence-corrected chi connectivity index (χ2v) is 22.4. The number of amides is 4. The van der Waals surface area contributed by atoms with Gasteiger partial charge in [-0.1, -0.05) is 114 Å². The third kappa shape index (κ3) is 14.5. The van der Waals surface area contributed by atoms with Crippen molar-refractivity contribution in [1.29, 1.82) is 0 Å². The highest BCUT2D eigenvalue weighted by Gasteiger charge is 2.67. The van der Waals surface area contributed by atoms with Gasteiger partial charge in [-0.3, -0.25) is 29.0 Å². The zero-order valence-electron chi connectivity index (χ0n) is 45.2. The summed E-state index contributed by atoms with van der Waals surface area (Å²) in [6.07, 6.45) is 12.2. The molecular weight excluding hydrogens is 959 g/mol. The minimum absolute atomic E-state index is 0.0175. The number of cyclic esters (lactones) is 1. The van der Waals surface area contributed by atoms with Crippen molar-refractivity contribution in [3.63, 3.8) is 0 Å². The molecule has 0 radical (unpaired) electrons. The molecule has 1 aliphatic carbocycles. The first-order chi connectivity index (χ1) is 35.7. The van der Waals surface area contributed by atoms with Crippen LogP contribution in [0.5, 0.6) is 0 Å². The molecule has 2 bridgehead atoms. The number of nitrogens with zero attached hydrogens (tertiary/aromatic N) is 1. The number of Topliss-reactive ketones (excluding diaryl/α,β-unsaturated/α-hetero) is 1. The van der Waals surface area contributed by atoms with Gasteiger partial charge in [0, 0.05) is 55.4 Å². The second kappa shape index (κ2) is 26.8. The van der Waals surface area contributed by atoms with Gasteiger partial charge in [0.15, 0.2) is 0 Å². The standard InChI is InChI=1S/C58H85N5O12/c1-9-39-30-41-31-43-52(68)38(8)48(75-58(41,43)61-53(39)69)32-46(66)34(4)20-13-10-14-21-35(5)47-26-18-12-17-25-45(65)37(7)51(67)42(28-27-36(6)64)54(70)59-49(33(2)3)55(71)60-50(40-22-15-11-16-23-40)56(72)63-29-19-24-44(62-63)57(73)74-47/h10-12,14-18,21-23,25,33-34,37-39,41-52,62,65-68H,9,13,19-20,24,26-32H2,1-8H3,(H,59,70)(H,60,71)(H,61,69)/b14-10+,18-12+,25-17+,35-21+/t34-,37-,38-,39-,41+,42+,43-,44?,45-,46-,47-,48-,49-,50?,51+,52-,58+/m0/s1. The van der Waals surface area contributed by atoms with Gasteiger partial charge in [0.1, 0.15) is 35.7 Å². The number of carbonyl (C=O) groups excluding carboxylic acids is 6. The van der Waals surface area contributed by atoms with Crippen LogP contribution in [0.15, 0.2) is 78.4 Å². The molecule has 8 N–H and O–H groups in total. The molecule has 0 aromatic heterocycles. The number of hydrogen-bond donors (Lipinski definition) is 8. The van der Waals surface area contributed by atoms with Crippen LogP contribution in [0.25, 0.3) is 0 Å². The fraction of sp³-hybridized carbons (Fsp3) is 0.655. The zero-order valence-corrected chi connectivity index (χ0v) is 45.2. The molecule has 5 aliphatic rings. The molecule has 3 saturated heterocycles. The molecular formula is C58H85N5O12. The van der Waals surface area contributed by atoms with E-state index >= 15 is 0 Å². The molecule has 1 spiro atoms. The molecule has 4 aliphatic heterocycles. The van der Waals surface area contributed by atoms with Crippen LogP contribution in [0.4, 0.5) is 0 Å². The van der Waals surface area contributed by atoms with Crippen LogP contribution in [0.2, 0.25) is 0 Å². The lowest BCUT2D eigenvalue weighted by atomic mass is 9.55. The molecule has 17 nitrogen and oxygen atoms in total. The van der Waals surface area contributed by atoms with Crippen molar-refractivity contribution in [2.75, 3.05) is 6.54 Å². The van der Waals surface area contributed by atoms with Crippen LogP contribution >= 0.6 is 0 Å². The molecule has 75 heavy (non-hydrogen) atoms. The van der Waals surface area contributed by atoms with Crippen LogP contribution < -0.4 is 21.4 Å². The van der Waals surface area contributed by atoms with Crippen LogP contribution in [-0.4, -0.2) is 122 Å². The fourth-order valence-corrected chi connectivity index (χ4v) is 11.4. The largest absolute Gasteiger partial charge is 0.456 e. The van der Waals surface area contributed by atoms with E-state index in [2.05, 4.69) is 21.4 Å². The van der Waals surface area contributed by atoms with E-state index in [0.717, 1.165) is 24.8 Å². The molecule has 4 fully saturated rings. The molecule has 6 rings (SSSR count). The Morgan fingerprint density at radius 1 is 0.933 bits per heavy atom. The number of ether oxygens (including phenoxy) is 2. The number of piperidine rings is 1. The molecule has 1 aromatic carbocycles. The normalized spacial score (nSPS) is 36.3. The first-order valence-electron chi connectivity index (χ1n) is 27.5. The number of fused-ring (bicyclic) bond motifs is 2. The summed E-state index contributed by atoms with van der Waals surface area (Å²) in [4.78, 5) is 81.9.